The van der Waals surface area contributed by atoms with E-state index in [4.69, 9.17) is 4.65 Å². The number of rotatable bonds is 5. The van der Waals surface area contributed by atoms with Crippen molar-refractivity contribution in [3.63, 3.8) is 0 Å². The minimum atomic E-state index is -1.63. The molecule has 5 nitrogen and oxygen atoms in total. The molecule has 118 valence electrons. The molecule has 0 aliphatic heterocycles. The van der Waals surface area contributed by atoms with Crippen LogP contribution >= 0.6 is 0 Å². The Bertz CT molecular complexity index is 868. The van der Waals surface area contributed by atoms with E-state index < -0.39 is 14.2 Å². The summed E-state index contributed by atoms with van der Waals surface area (Å²) < 4.78 is 5.65. The lowest BCUT2D eigenvalue weighted by Gasteiger charge is -2.13. The van der Waals surface area contributed by atoms with Gasteiger partial charge in [0.15, 0.2) is 0 Å². The van der Waals surface area contributed by atoms with Crippen molar-refractivity contribution in [3.05, 3.63) is 66.9 Å². The van der Waals surface area contributed by atoms with E-state index in [0.29, 0.717) is 22.1 Å². The van der Waals surface area contributed by atoms with E-state index >= 15 is 0 Å². The molecule has 3 N–H and O–H groups in total. The summed E-state index contributed by atoms with van der Waals surface area (Å²) in [5.74, 6) is 0.405. The van der Waals surface area contributed by atoms with Crippen molar-refractivity contribution in [2.75, 3.05) is 0 Å². The van der Waals surface area contributed by atoms with Crippen LogP contribution in [-0.2, 0) is 0 Å². The fourth-order valence-corrected chi connectivity index (χ4v) is 2.47. The molecular formula is C17H15B2NO4. The Labute approximate surface area is 140 Å². The third-order valence-corrected chi connectivity index (χ3v) is 3.74. The van der Waals surface area contributed by atoms with E-state index in [1.54, 1.807) is 42.5 Å². The van der Waals surface area contributed by atoms with Crippen LogP contribution in [0.25, 0.3) is 17.0 Å². The Morgan fingerprint density at radius 3 is 2.42 bits per heavy atom. The predicted molar refractivity (Wildman–Crippen MR) is 96.3 cm³/mol. The van der Waals surface area contributed by atoms with Gasteiger partial charge in [-0.15, -0.1) is 0 Å². The highest BCUT2D eigenvalue weighted by molar-refractivity contribution is 6.62. The molecule has 0 fully saturated rings. The maximum absolute atomic E-state index is 10.3. The molecule has 0 aliphatic rings. The molecule has 0 bridgehead atoms. The average molecular weight is 319 g/mol. The van der Waals surface area contributed by atoms with Gasteiger partial charge in [-0.3, -0.25) is 4.98 Å². The van der Waals surface area contributed by atoms with Gasteiger partial charge in [0.2, 0.25) is 0 Å². The van der Waals surface area contributed by atoms with Crippen molar-refractivity contribution < 1.29 is 19.7 Å². The minimum absolute atomic E-state index is 0.280. The van der Waals surface area contributed by atoms with Gasteiger partial charge in [0.25, 0.3) is 0 Å². The molecule has 1 aromatic heterocycles. The first-order chi connectivity index (χ1) is 11.6. The van der Waals surface area contributed by atoms with Gasteiger partial charge in [0.1, 0.15) is 5.75 Å². The SMILES string of the molecule is C=Cc1ccc(B(O)Oc2ccnc3c(B(O)O)cccc23)cc1. The fraction of sp³-hybridized carbons (Fsp3) is 0. The molecule has 0 atom stereocenters. The average Bonchev–Trinajstić information content (AvgIpc) is 2.61. The summed E-state index contributed by atoms with van der Waals surface area (Å²) in [7, 11) is -2.79. The first-order valence-electron chi connectivity index (χ1n) is 7.41. The highest BCUT2D eigenvalue weighted by Gasteiger charge is 2.21. The molecular weight excluding hydrogens is 304 g/mol. The molecule has 7 heteroatoms. The number of aromatic nitrogens is 1. The van der Waals surface area contributed by atoms with Crippen LogP contribution in [0.4, 0.5) is 0 Å². The number of pyridine rings is 1. The number of benzene rings is 2. The van der Waals surface area contributed by atoms with E-state index in [1.165, 1.54) is 6.20 Å². The van der Waals surface area contributed by atoms with Crippen molar-refractivity contribution in [3.8, 4) is 5.75 Å². The number of para-hydroxylation sites is 1. The summed E-state index contributed by atoms with van der Waals surface area (Å²) in [5, 5.41) is 29.8. The van der Waals surface area contributed by atoms with Crippen molar-refractivity contribution in [2.24, 2.45) is 0 Å². The molecule has 0 amide bonds. The number of nitrogens with zero attached hydrogens (tertiary/aromatic N) is 1. The summed E-state index contributed by atoms with van der Waals surface area (Å²) in [4.78, 5) is 4.17. The summed E-state index contributed by atoms with van der Waals surface area (Å²) in [5.41, 5.74) is 2.24. The van der Waals surface area contributed by atoms with Crippen molar-refractivity contribution in [1.82, 2.24) is 4.98 Å². The first kappa shape index (κ1) is 16.3. The molecule has 0 radical (unpaired) electrons. The van der Waals surface area contributed by atoms with Gasteiger partial charge in [-0.25, -0.2) is 0 Å². The largest absolute Gasteiger partial charge is 0.560 e. The van der Waals surface area contributed by atoms with E-state index in [1.807, 2.05) is 12.1 Å². The second-order valence-corrected chi connectivity index (χ2v) is 5.27. The van der Waals surface area contributed by atoms with Crippen LogP contribution in [0.1, 0.15) is 5.56 Å². The van der Waals surface area contributed by atoms with Crippen LogP contribution < -0.4 is 15.6 Å². The zero-order valence-electron chi connectivity index (χ0n) is 12.8. The second-order valence-electron chi connectivity index (χ2n) is 5.27. The van der Waals surface area contributed by atoms with Crippen molar-refractivity contribution in [2.45, 2.75) is 0 Å². The van der Waals surface area contributed by atoms with Crippen LogP contribution in [0, 0.1) is 0 Å². The molecule has 0 saturated heterocycles. The smallest absolute Gasteiger partial charge is 0.532 e. The summed E-state index contributed by atoms with van der Waals surface area (Å²) in [6.45, 7) is 3.69. The maximum Gasteiger partial charge on any atom is 0.560 e. The van der Waals surface area contributed by atoms with Crippen LogP contribution in [0.5, 0.6) is 5.75 Å². The minimum Gasteiger partial charge on any atom is -0.532 e. The Kier molecular flexibility index (Phi) is 4.66. The fourth-order valence-electron chi connectivity index (χ4n) is 2.47. The standard InChI is InChI=1S/C17H15B2NO4/c1-2-12-6-8-13(9-7-12)19(23)24-16-10-11-20-17-14(16)4-3-5-15(17)18(21)22/h2-11,21-23H,1H2. The normalized spacial score (nSPS) is 10.5. The lowest BCUT2D eigenvalue weighted by molar-refractivity contribution is 0.426. The van der Waals surface area contributed by atoms with Gasteiger partial charge < -0.3 is 19.7 Å². The van der Waals surface area contributed by atoms with Gasteiger partial charge in [-0.1, -0.05) is 49.1 Å². The summed E-state index contributed by atoms with van der Waals surface area (Å²) >= 11 is 0. The maximum atomic E-state index is 10.3. The molecule has 24 heavy (non-hydrogen) atoms. The monoisotopic (exact) mass is 319 g/mol. The Hall–Kier alpha value is -2.60. The van der Waals surface area contributed by atoms with E-state index in [0.717, 1.165) is 5.56 Å². The zero-order valence-corrected chi connectivity index (χ0v) is 12.8. The third-order valence-electron chi connectivity index (χ3n) is 3.74. The molecule has 1 heterocycles. The zero-order chi connectivity index (χ0) is 17.1. The van der Waals surface area contributed by atoms with Crippen LogP contribution in [0.2, 0.25) is 0 Å². The quantitative estimate of drug-likeness (QED) is 0.590. The highest BCUT2D eigenvalue weighted by Crippen LogP contribution is 2.23. The van der Waals surface area contributed by atoms with Crippen LogP contribution in [-0.4, -0.2) is 34.3 Å². The van der Waals surface area contributed by atoms with Gasteiger partial charge >= 0.3 is 14.2 Å². The molecule has 0 saturated carbocycles. The van der Waals surface area contributed by atoms with Crippen molar-refractivity contribution in [1.29, 1.82) is 0 Å². The van der Waals surface area contributed by atoms with Crippen LogP contribution in [0.3, 0.4) is 0 Å². The molecule has 2 aromatic carbocycles. The molecule has 0 unspecified atom stereocenters. The lowest BCUT2D eigenvalue weighted by Crippen LogP contribution is -2.36. The van der Waals surface area contributed by atoms with Gasteiger partial charge in [0, 0.05) is 17.0 Å². The van der Waals surface area contributed by atoms with E-state index in [-0.39, 0.29) is 5.46 Å². The first-order valence-corrected chi connectivity index (χ1v) is 7.41. The van der Waals surface area contributed by atoms with E-state index in [9.17, 15) is 15.1 Å². The highest BCUT2D eigenvalue weighted by atomic mass is 16.5. The summed E-state index contributed by atoms with van der Waals surface area (Å²) in [6.07, 6.45) is 3.21. The lowest BCUT2D eigenvalue weighted by atomic mass is 9.78. The number of fused-ring (bicyclic) bond motifs is 1. The van der Waals surface area contributed by atoms with E-state index in [2.05, 4.69) is 11.6 Å². The number of hydrogen-bond donors (Lipinski definition) is 3. The van der Waals surface area contributed by atoms with Gasteiger partial charge in [-0.2, -0.15) is 0 Å². The predicted octanol–water partition coefficient (Wildman–Crippen LogP) is 0.324. The Morgan fingerprint density at radius 2 is 1.75 bits per heavy atom. The Balaban J connectivity index is 1.94. The van der Waals surface area contributed by atoms with Gasteiger partial charge in [0.05, 0.1) is 5.52 Å². The van der Waals surface area contributed by atoms with Crippen LogP contribution in [0.15, 0.2) is 61.3 Å². The third kappa shape index (κ3) is 3.19. The number of hydrogen-bond acceptors (Lipinski definition) is 5. The molecule has 0 spiro atoms. The Morgan fingerprint density at radius 1 is 1.00 bits per heavy atom. The summed E-state index contributed by atoms with van der Waals surface area (Å²) in [6, 6.07) is 13.8. The topological polar surface area (TPSA) is 82.8 Å². The molecule has 0 aliphatic carbocycles. The molecule has 3 rings (SSSR count). The molecule has 3 aromatic rings. The van der Waals surface area contributed by atoms with Crippen molar-refractivity contribution >= 4 is 42.1 Å². The van der Waals surface area contributed by atoms with Gasteiger partial charge in [-0.05, 0) is 23.2 Å². The second kappa shape index (κ2) is 6.88.